The number of nitriles is 1. The highest BCUT2D eigenvalue weighted by atomic mass is 15.3. The summed E-state index contributed by atoms with van der Waals surface area (Å²) in [4.78, 5) is 0. The molecule has 0 bridgehead atoms. The Kier molecular flexibility index (Phi) is 3.92. The van der Waals surface area contributed by atoms with Crippen LogP contribution in [0, 0.1) is 11.3 Å². The molecular weight excluding hydrogens is 210 g/mol. The molecule has 0 fully saturated rings. The van der Waals surface area contributed by atoms with Crippen molar-refractivity contribution < 1.29 is 0 Å². The Bertz CT molecular complexity index is 409. The number of nitrogens with zero attached hydrogens (tertiary/aromatic N) is 1. The summed E-state index contributed by atoms with van der Waals surface area (Å²) in [6.45, 7) is 8.35. The first-order valence-electron chi connectivity index (χ1n) is 5.79. The molecule has 0 aliphatic carbocycles. The molecule has 1 rings (SSSR count). The van der Waals surface area contributed by atoms with Gasteiger partial charge in [0.2, 0.25) is 0 Å². The van der Waals surface area contributed by atoms with Gasteiger partial charge in [-0.05, 0) is 23.5 Å². The Hall–Kier alpha value is -1.37. The molecule has 1 aromatic carbocycles. The van der Waals surface area contributed by atoms with Crippen molar-refractivity contribution in [2.75, 3.05) is 0 Å². The van der Waals surface area contributed by atoms with Gasteiger partial charge in [0, 0.05) is 6.42 Å². The number of hydrazine groups is 1. The molecule has 17 heavy (non-hydrogen) atoms. The molecule has 0 aliphatic rings. The van der Waals surface area contributed by atoms with Crippen LogP contribution in [0.3, 0.4) is 0 Å². The minimum Gasteiger partial charge on any atom is -0.270 e. The van der Waals surface area contributed by atoms with Gasteiger partial charge in [-0.1, -0.05) is 45.0 Å². The standard InChI is InChI=1S/C14H21N3/c1-13(2,3)12-7-5-11(6-8-12)9-14(4,10-15)17-16/h5-8,17H,9,16H2,1-4H3. The smallest absolute Gasteiger partial charge is 0.119 e. The van der Waals surface area contributed by atoms with Gasteiger partial charge < -0.3 is 0 Å². The van der Waals surface area contributed by atoms with Gasteiger partial charge in [0.1, 0.15) is 5.54 Å². The van der Waals surface area contributed by atoms with Crippen LogP contribution in [0.25, 0.3) is 0 Å². The number of benzene rings is 1. The Morgan fingerprint density at radius 3 is 2.06 bits per heavy atom. The second-order valence-corrected chi connectivity index (χ2v) is 5.71. The minimum atomic E-state index is -0.705. The average molecular weight is 231 g/mol. The van der Waals surface area contributed by atoms with Crippen molar-refractivity contribution in [3.8, 4) is 6.07 Å². The van der Waals surface area contributed by atoms with Crippen LogP contribution in [0.2, 0.25) is 0 Å². The molecule has 3 N–H and O–H groups in total. The van der Waals surface area contributed by atoms with Crippen LogP contribution in [0.4, 0.5) is 0 Å². The maximum absolute atomic E-state index is 9.04. The molecule has 0 saturated carbocycles. The predicted molar refractivity (Wildman–Crippen MR) is 70.2 cm³/mol. The van der Waals surface area contributed by atoms with Crippen LogP contribution in [-0.4, -0.2) is 5.54 Å². The van der Waals surface area contributed by atoms with Crippen molar-refractivity contribution in [3.05, 3.63) is 35.4 Å². The zero-order valence-electron chi connectivity index (χ0n) is 11.0. The Balaban J connectivity index is 2.87. The van der Waals surface area contributed by atoms with Gasteiger partial charge in [-0.2, -0.15) is 5.26 Å². The second-order valence-electron chi connectivity index (χ2n) is 5.71. The lowest BCUT2D eigenvalue weighted by atomic mass is 9.85. The molecular formula is C14H21N3. The largest absolute Gasteiger partial charge is 0.270 e. The van der Waals surface area contributed by atoms with Gasteiger partial charge in [0.25, 0.3) is 0 Å². The molecule has 1 unspecified atom stereocenters. The number of hydrogen-bond donors (Lipinski definition) is 2. The quantitative estimate of drug-likeness (QED) is 0.619. The maximum atomic E-state index is 9.04. The molecule has 1 atom stereocenters. The van der Waals surface area contributed by atoms with E-state index in [4.69, 9.17) is 11.1 Å². The lowest BCUT2D eigenvalue weighted by molar-refractivity contribution is 0.457. The van der Waals surface area contributed by atoms with Gasteiger partial charge in [-0.25, -0.2) is 5.43 Å². The van der Waals surface area contributed by atoms with E-state index in [1.54, 1.807) is 6.92 Å². The molecule has 0 radical (unpaired) electrons. The van der Waals surface area contributed by atoms with E-state index in [-0.39, 0.29) is 5.41 Å². The van der Waals surface area contributed by atoms with E-state index in [1.807, 2.05) is 0 Å². The van der Waals surface area contributed by atoms with Crippen molar-refractivity contribution in [1.82, 2.24) is 5.43 Å². The summed E-state index contributed by atoms with van der Waals surface area (Å²) in [5, 5.41) is 9.04. The van der Waals surface area contributed by atoms with Crippen LogP contribution in [-0.2, 0) is 11.8 Å². The van der Waals surface area contributed by atoms with E-state index in [0.717, 1.165) is 5.56 Å². The third kappa shape index (κ3) is 3.55. The van der Waals surface area contributed by atoms with E-state index < -0.39 is 5.54 Å². The van der Waals surface area contributed by atoms with Crippen molar-refractivity contribution >= 4 is 0 Å². The zero-order chi connectivity index (χ0) is 13.1. The second kappa shape index (κ2) is 4.87. The monoisotopic (exact) mass is 231 g/mol. The molecule has 0 aliphatic heterocycles. The Morgan fingerprint density at radius 2 is 1.71 bits per heavy atom. The zero-order valence-corrected chi connectivity index (χ0v) is 11.0. The summed E-state index contributed by atoms with van der Waals surface area (Å²) < 4.78 is 0. The van der Waals surface area contributed by atoms with Gasteiger partial charge in [-0.15, -0.1) is 0 Å². The van der Waals surface area contributed by atoms with Crippen molar-refractivity contribution in [2.45, 2.75) is 45.1 Å². The third-order valence-electron chi connectivity index (χ3n) is 2.94. The van der Waals surface area contributed by atoms with Crippen molar-refractivity contribution in [1.29, 1.82) is 5.26 Å². The van der Waals surface area contributed by atoms with E-state index in [9.17, 15) is 0 Å². The van der Waals surface area contributed by atoms with Crippen LogP contribution < -0.4 is 11.3 Å². The molecule has 0 amide bonds. The fourth-order valence-electron chi connectivity index (χ4n) is 1.65. The van der Waals surface area contributed by atoms with Crippen molar-refractivity contribution in [3.63, 3.8) is 0 Å². The highest BCUT2D eigenvalue weighted by Gasteiger charge is 2.22. The first kappa shape index (κ1) is 13.7. The van der Waals surface area contributed by atoms with Crippen LogP contribution in [0.15, 0.2) is 24.3 Å². The Morgan fingerprint density at radius 1 is 1.18 bits per heavy atom. The number of nitrogens with two attached hydrogens (primary N) is 1. The molecule has 3 nitrogen and oxygen atoms in total. The van der Waals surface area contributed by atoms with E-state index in [0.29, 0.717) is 6.42 Å². The van der Waals surface area contributed by atoms with Crippen LogP contribution in [0.5, 0.6) is 0 Å². The summed E-state index contributed by atoms with van der Waals surface area (Å²) in [7, 11) is 0. The van der Waals surface area contributed by atoms with E-state index >= 15 is 0 Å². The predicted octanol–water partition coefficient (Wildman–Crippen LogP) is 2.27. The fraction of sp³-hybridized carbons (Fsp3) is 0.500. The third-order valence-corrected chi connectivity index (χ3v) is 2.94. The molecule has 92 valence electrons. The molecule has 0 saturated heterocycles. The lowest BCUT2D eigenvalue weighted by Crippen LogP contribution is -2.47. The first-order chi connectivity index (χ1) is 7.80. The van der Waals surface area contributed by atoms with Gasteiger partial charge in [0.15, 0.2) is 0 Å². The Labute approximate surface area is 104 Å². The van der Waals surface area contributed by atoms with Crippen molar-refractivity contribution in [2.24, 2.45) is 5.84 Å². The highest BCUT2D eigenvalue weighted by Crippen LogP contribution is 2.23. The molecule has 0 aromatic heterocycles. The summed E-state index contributed by atoms with van der Waals surface area (Å²) in [5.74, 6) is 5.39. The SMILES string of the molecule is CC(C#N)(Cc1ccc(C(C)(C)C)cc1)NN. The van der Waals surface area contributed by atoms with Gasteiger partial charge in [-0.3, -0.25) is 5.84 Å². The average Bonchev–Trinajstić information content (AvgIpc) is 2.28. The highest BCUT2D eigenvalue weighted by molar-refractivity contribution is 5.29. The van der Waals surface area contributed by atoms with Crippen LogP contribution in [0.1, 0.15) is 38.8 Å². The fourth-order valence-corrected chi connectivity index (χ4v) is 1.65. The van der Waals surface area contributed by atoms with Crippen LogP contribution >= 0.6 is 0 Å². The van der Waals surface area contributed by atoms with E-state index in [1.165, 1.54) is 5.56 Å². The number of rotatable bonds is 3. The minimum absolute atomic E-state index is 0.156. The maximum Gasteiger partial charge on any atom is 0.119 e. The molecule has 1 aromatic rings. The van der Waals surface area contributed by atoms with Gasteiger partial charge >= 0.3 is 0 Å². The van der Waals surface area contributed by atoms with Gasteiger partial charge in [0.05, 0.1) is 6.07 Å². The molecule has 0 heterocycles. The summed E-state index contributed by atoms with van der Waals surface area (Å²) in [6.07, 6.45) is 0.602. The first-order valence-corrected chi connectivity index (χ1v) is 5.79. The lowest BCUT2D eigenvalue weighted by Gasteiger charge is -2.22. The summed E-state index contributed by atoms with van der Waals surface area (Å²) in [6, 6.07) is 10.5. The molecule has 3 heteroatoms. The number of hydrogen-bond acceptors (Lipinski definition) is 3. The van der Waals surface area contributed by atoms with E-state index in [2.05, 4.69) is 56.5 Å². The normalized spacial score (nSPS) is 15.1. The topological polar surface area (TPSA) is 61.8 Å². The number of nitrogens with one attached hydrogen (secondary N) is 1. The molecule has 0 spiro atoms. The summed E-state index contributed by atoms with van der Waals surface area (Å²) in [5.41, 5.74) is 4.41. The summed E-state index contributed by atoms with van der Waals surface area (Å²) >= 11 is 0.